The number of aliphatic hydroxyl groups excluding tert-OH is 3. The molecule has 2 atom stereocenters. The predicted octanol–water partition coefficient (Wildman–Crippen LogP) is -0.0652. The molecule has 140 valence electrons. The van der Waals surface area contributed by atoms with E-state index in [4.69, 9.17) is 21.0 Å². The van der Waals surface area contributed by atoms with Gasteiger partial charge >= 0.3 is 0 Å². The summed E-state index contributed by atoms with van der Waals surface area (Å²) in [5.74, 6) is 0. The van der Waals surface area contributed by atoms with Gasteiger partial charge in [0.2, 0.25) is 8.32 Å². The standard InChI is InChI=1S/C15H37N3O4Si/c1-14(2,16)22-23(5,15(3,4)17)10-9-18(12-20)8-6-7-13(21)11-19/h13,19-21H,6-12,16-17H2,1-5H3. The van der Waals surface area contributed by atoms with Gasteiger partial charge in [-0.1, -0.05) is 0 Å². The van der Waals surface area contributed by atoms with Gasteiger partial charge in [0.15, 0.2) is 0 Å². The molecule has 0 radical (unpaired) electrons. The highest BCUT2D eigenvalue weighted by atomic mass is 28.4. The third-order valence-electron chi connectivity index (χ3n) is 4.18. The summed E-state index contributed by atoms with van der Waals surface area (Å²) in [4.78, 5) is 1.90. The van der Waals surface area contributed by atoms with Crippen molar-refractivity contribution in [3.05, 3.63) is 0 Å². The molecule has 2 unspecified atom stereocenters. The van der Waals surface area contributed by atoms with Crippen molar-refractivity contribution in [2.75, 3.05) is 26.4 Å². The summed E-state index contributed by atoms with van der Waals surface area (Å²) in [7, 11) is -2.32. The van der Waals surface area contributed by atoms with Crippen molar-refractivity contribution >= 4 is 8.32 Å². The Labute approximate surface area is 141 Å². The molecule has 7 nitrogen and oxygen atoms in total. The third-order valence-corrected chi connectivity index (χ3v) is 9.06. The topological polar surface area (TPSA) is 125 Å². The van der Waals surface area contributed by atoms with Gasteiger partial charge in [-0.3, -0.25) is 4.90 Å². The maximum Gasteiger partial charge on any atom is 0.212 e. The SMILES string of the molecule is CC(C)(N)O[Si](C)(CCN(CO)CCCC(O)CO)C(C)(C)N. The van der Waals surface area contributed by atoms with Crippen LogP contribution in [0.1, 0.15) is 40.5 Å². The fourth-order valence-corrected chi connectivity index (χ4v) is 5.27. The molecule has 0 amide bonds. The predicted molar refractivity (Wildman–Crippen MR) is 95.0 cm³/mol. The van der Waals surface area contributed by atoms with E-state index in [1.54, 1.807) is 0 Å². The van der Waals surface area contributed by atoms with Gasteiger partial charge in [0.25, 0.3) is 0 Å². The van der Waals surface area contributed by atoms with Gasteiger partial charge in [-0.25, -0.2) is 0 Å². The van der Waals surface area contributed by atoms with Crippen LogP contribution in [0.2, 0.25) is 12.6 Å². The minimum atomic E-state index is -2.32. The first-order chi connectivity index (χ1) is 10.3. The lowest BCUT2D eigenvalue weighted by Gasteiger charge is -2.44. The first kappa shape index (κ1) is 22.9. The Morgan fingerprint density at radius 3 is 2.09 bits per heavy atom. The zero-order valence-electron chi connectivity index (χ0n) is 15.4. The van der Waals surface area contributed by atoms with Gasteiger partial charge in [-0.05, 0) is 53.1 Å². The quantitative estimate of drug-likeness (QED) is 0.246. The van der Waals surface area contributed by atoms with E-state index in [1.165, 1.54) is 0 Å². The first-order valence-electron chi connectivity index (χ1n) is 8.24. The number of rotatable bonds is 12. The summed E-state index contributed by atoms with van der Waals surface area (Å²) in [6.07, 6.45) is 0.520. The molecule has 0 aromatic rings. The van der Waals surface area contributed by atoms with Crippen LogP contribution in [-0.4, -0.2) is 72.0 Å². The van der Waals surface area contributed by atoms with Crippen molar-refractivity contribution in [3.8, 4) is 0 Å². The molecule has 0 saturated carbocycles. The minimum Gasteiger partial charge on any atom is -0.398 e. The number of hydrogen-bond acceptors (Lipinski definition) is 7. The van der Waals surface area contributed by atoms with Crippen molar-refractivity contribution in [2.45, 2.75) is 70.1 Å². The molecule has 0 spiro atoms. The lowest BCUT2D eigenvalue weighted by Crippen LogP contribution is -2.65. The second-order valence-corrected chi connectivity index (χ2v) is 12.1. The number of nitrogens with two attached hydrogens (primary N) is 2. The molecule has 0 aliphatic carbocycles. The van der Waals surface area contributed by atoms with Crippen LogP contribution in [0, 0.1) is 0 Å². The Morgan fingerprint density at radius 1 is 1.13 bits per heavy atom. The van der Waals surface area contributed by atoms with Crippen molar-refractivity contribution in [2.24, 2.45) is 11.5 Å². The van der Waals surface area contributed by atoms with E-state index in [-0.39, 0.29) is 13.3 Å². The Morgan fingerprint density at radius 2 is 1.70 bits per heavy atom. The lowest BCUT2D eigenvalue weighted by atomic mass is 10.2. The Bertz CT molecular complexity index is 334. The monoisotopic (exact) mass is 351 g/mol. The Hall–Kier alpha value is -0.0631. The summed E-state index contributed by atoms with van der Waals surface area (Å²) in [5, 5.41) is 27.2. The number of aliphatic hydroxyl groups is 3. The fourth-order valence-electron chi connectivity index (χ4n) is 2.35. The highest BCUT2D eigenvalue weighted by molar-refractivity contribution is 6.75. The van der Waals surface area contributed by atoms with Crippen molar-refractivity contribution < 1.29 is 19.7 Å². The molecule has 7 N–H and O–H groups in total. The fraction of sp³-hybridized carbons (Fsp3) is 1.00. The highest BCUT2D eigenvalue weighted by Gasteiger charge is 2.45. The van der Waals surface area contributed by atoms with Crippen molar-refractivity contribution in [3.63, 3.8) is 0 Å². The molecule has 0 saturated heterocycles. The largest absolute Gasteiger partial charge is 0.398 e. The molecule has 8 heteroatoms. The van der Waals surface area contributed by atoms with E-state index in [2.05, 4.69) is 6.55 Å². The summed E-state index contributed by atoms with van der Waals surface area (Å²) >= 11 is 0. The van der Waals surface area contributed by atoms with Crippen LogP contribution in [0.5, 0.6) is 0 Å². The summed E-state index contributed by atoms with van der Waals surface area (Å²) in [6, 6.07) is 0.750. The van der Waals surface area contributed by atoms with Crippen LogP contribution in [0.15, 0.2) is 0 Å². The van der Waals surface area contributed by atoms with Gasteiger partial charge in [-0.15, -0.1) is 0 Å². The molecular formula is C15H37N3O4Si. The second-order valence-electron chi connectivity index (χ2n) is 7.65. The minimum absolute atomic E-state index is 0.0588. The normalized spacial score (nSPS) is 17.3. The molecule has 0 aromatic carbocycles. The van der Waals surface area contributed by atoms with Crippen LogP contribution < -0.4 is 11.5 Å². The zero-order chi connectivity index (χ0) is 18.3. The molecule has 0 aromatic heterocycles. The maximum atomic E-state index is 9.51. The van der Waals surface area contributed by atoms with Gasteiger partial charge in [0.05, 0.1) is 25.2 Å². The average molecular weight is 352 g/mol. The first-order valence-corrected chi connectivity index (χ1v) is 10.9. The summed E-state index contributed by atoms with van der Waals surface area (Å²) in [6.45, 7) is 10.7. The van der Waals surface area contributed by atoms with E-state index in [0.717, 1.165) is 6.04 Å². The summed E-state index contributed by atoms with van der Waals surface area (Å²) in [5.41, 5.74) is 11.6. The Balaban J connectivity index is 4.63. The number of nitrogens with zero attached hydrogens (tertiary/aromatic N) is 1. The summed E-state index contributed by atoms with van der Waals surface area (Å²) < 4.78 is 6.16. The van der Waals surface area contributed by atoms with E-state index < -0.39 is 25.3 Å². The van der Waals surface area contributed by atoms with Crippen LogP contribution in [-0.2, 0) is 4.43 Å². The Kier molecular flexibility index (Phi) is 9.40. The van der Waals surface area contributed by atoms with E-state index in [0.29, 0.717) is 25.9 Å². The van der Waals surface area contributed by atoms with Crippen molar-refractivity contribution in [1.82, 2.24) is 4.90 Å². The molecule has 0 heterocycles. The highest BCUT2D eigenvalue weighted by Crippen LogP contribution is 2.27. The van der Waals surface area contributed by atoms with Crippen LogP contribution in [0.25, 0.3) is 0 Å². The molecular weight excluding hydrogens is 314 g/mol. The average Bonchev–Trinajstić information content (AvgIpc) is 2.39. The smallest absolute Gasteiger partial charge is 0.212 e. The van der Waals surface area contributed by atoms with E-state index in [9.17, 15) is 10.2 Å². The maximum absolute atomic E-state index is 9.51. The molecule has 0 bridgehead atoms. The van der Waals surface area contributed by atoms with E-state index in [1.807, 2.05) is 32.6 Å². The van der Waals surface area contributed by atoms with Crippen LogP contribution in [0.3, 0.4) is 0 Å². The van der Waals surface area contributed by atoms with Gasteiger partial charge in [-0.2, -0.15) is 0 Å². The molecule has 0 rings (SSSR count). The van der Waals surface area contributed by atoms with Gasteiger partial charge < -0.3 is 31.2 Å². The van der Waals surface area contributed by atoms with Gasteiger partial charge in [0, 0.05) is 18.3 Å². The zero-order valence-corrected chi connectivity index (χ0v) is 16.4. The molecule has 0 fully saturated rings. The molecule has 0 aliphatic heterocycles. The third kappa shape index (κ3) is 9.11. The van der Waals surface area contributed by atoms with Gasteiger partial charge in [0.1, 0.15) is 0 Å². The molecule has 0 aliphatic rings. The number of hydrogen-bond donors (Lipinski definition) is 5. The molecule has 23 heavy (non-hydrogen) atoms. The van der Waals surface area contributed by atoms with Crippen molar-refractivity contribution in [1.29, 1.82) is 0 Å². The lowest BCUT2D eigenvalue weighted by molar-refractivity contribution is 0.0706. The second kappa shape index (κ2) is 9.43. The van der Waals surface area contributed by atoms with Crippen LogP contribution >= 0.6 is 0 Å². The van der Waals surface area contributed by atoms with E-state index >= 15 is 0 Å². The van der Waals surface area contributed by atoms with Crippen LogP contribution in [0.4, 0.5) is 0 Å².